The fourth-order valence-corrected chi connectivity index (χ4v) is 2.75. The van der Waals surface area contributed by atoms with E-state index in [1.165, 1.54) is 5.56 Å². The van der Waals surface area contributed by atoms with Gasteiger partial charge in [0.2, 0.25) is 0 Å². The summed E-state index contributed by atoms with van der Waals surface area (Å²) in [5, 5.41) is 0. The predicted octanol–water partition coefficient (Wildman–Crippen LogP) is 5.34. The molecule has 0 spiro atoms. The fraction of sp³-hybridized carbons (Fsp3) is 0.176. The van der Waals surface area contributed by atoms with Gasteiger partial charge in [-0.3, -0.25) is 4.72 Å². The maximum atomic E-state index is 4.68. The van der Waals surface area contributed by atoms with E-state index in [9.17, 15) is 0 Å². The molecule has 2 aromatic rings. The standard InChI is InChI=1S/C15H15NS2.C2H6/c1-16-18-15(13-10-6-3-7-11-13)14(17)12-8-4-2-5-9-12;1-2/h2-11,16-17H,1H3;1-2H3/b15-14-;. The maximum Gasteiger partial charge on any atom is 0.0439 e. The van der Waals surface area contributed by atoms with Crippen molar-refractivity contribution < 1.29 is 0 Å². The molecule has 0 aromatic heterocycles. The lowest BCUT2D eigenvalue weighted by Gasteiger charge is -2.11. The topological polar surface area (TPSA) is 12.0 Å². The molecule has 0 bridgehead atoms. The molecule has 0 radical (unpaired) electrons. The summed E-state index contributed by atoms with van der Waals surface area (Å²) in [7, 11) is 1.92. The molecular weight excluding hydrogens is 282 g/mol. The van der Waals surface area contributed by atoms with Crippen LogP contribution in [-0.4, -0.2) is 7.05 Å². The molecule has 0 aliphatic carbocycles. The van der Waals surface area contributed by atoms with Crippen molar-refractivity contribution in [1.29, 1.82) is 0 Å². The summed E-state index contributed by atoms with van der Waals surface area (Å²) < 4.78 is 3.13. The molecule has 0 saturated heterocycles. The lowest BCUT2D eigenvalue weighted by molar-refractivity contribution is 1.31. The fourth-order valence-electron chi connectivity index (χ4n) is 1.66. The zero-order chi connectivity index (χ0) is 14.8. The van der Waals surface area contributed by atoms with Gasteiger partial charge in [0.1, 0.15) is 0 Å². The average molecular weight is 303 g/mol. The molecule has 0 aliphatic heterocycles. The molecule has 0 heterocycles. The SMILES string of the molecule is CC.CNS/C(=C(\S)c1ccccc1)c1ccccc1. The second-order valence-electron chi connectivity index (χ2n) is 3.72. The van der Waals surface area contributed by atoms with Crippen LogP contribution in [0.5, 0.6) is 0 Å². The minimum Gasteiger partial charge on any atom is -0.263 e. The lowest BCUT2D eigenvalue weighted by Crippen LogP contribution is -1.94. The number of benzene rings is 2. The highest BCUT2D eigenvalue weighted by molar-refractivity contribution is 8.08. The average Bonchev–Trinajstić information content (AvgIpc) is 2.55. The van der Waals surface area contributed by atoms with Crippen LogP contribution in [0, 0.1) is 0 Å². The molecule has 106 valence electrons. The van der Waals surface area contributed by atoms with Crippen molar-refractivity contribution in [3.05, 3.63) is 71.8 Å². The number of nitrogens with one attached hydrogen (secondary N) is 1. The molecular formula is C17H21NS2. The Bertz CT molecular complexity index is 521. The second kappa shape index (κ2) is 9.70. The zero-order valence-corrected chi connectivity index (χ0v) is 13.8. The van der Waals surface area contributed by atoms with Crippen LogP contribution in [0.1, 0.15) is 25.0 Å². The van der Waals surface area contributed by atoms with Crippen molar-refractivity contribution in [2.45, 2.75) is 13.8 Å². The van der Waals surface area contributed by atoms with E-state index in [0.717, 1.165) is 15.4 Å². The maximum absolute atomic E-state index is 4.68. The minimum absolute atomic E-state index is 0.987. The van der Waals surface area contributed by atoms with E-state index in [1.807, 2.05) is 57.3 Å². The second-order valence-corrected chi connectivity index (χ2v) is 5.18. The van der Waals surface area contributed by atoms with E-state index >= 15 is 0 Å². The Kier molecular flexibility index (Phi) is 8.19. The summed E-state index contributed by atoms with van der Waals surface area (Å²) in [5.41, 5.74) is 2.30. The highest BCUT2D eigenvalue weighted by atomic mass is 32.2. The number of hydrogen-bond donors (Lipinski definition) is 2. The number of hydrogen-bond acceptors (Lipinski definition) is 3. The third kappa shape index (κ3) is 4.75. The largest absolute Gasteiger partial charge is 0.263 e. The van der Waals surface area contributed by atoms with Crippen LogP contribution in [0.2, 0.25) is 0 Å². The summed E-state index contributed by atoms with van der Waals surface area (Å²) in [4.78, 5) is 2.12. The lowest BCUT2D eigenvalue weighted by atomic mass is 10.1. The highest BCUT2D eigenvalue weighted by Crippen LogP contribution is 2.35. The Balaban J connectivity index is 0.000000956. The first-order valence-corrected chi connectivity index (χ1v) is 7.97. The van der Waals surface area contributed by atoms with Crippen LogP contribution in [0.25, 0.3) is 9.81 Å². The van der Waals surface area contributed by atoms with Gasteiger partial charge in [-0.25, -0.2) is 0 Å². The predicted molar refractivity (Wildman–Crippen MR) is 96.7 cm³/mol. The van der Waals surface area contributed by atoms with Crippen LogP contribution in [-0.2, 0) is 0 Å². The van der Waals surface area contributed by atoms with Crippen molar-refractivity contribution in [3.8, 4) is 0 Å². The molecule has 3 heteroatoms. The minimum atomic E-state index is 0.987. The van der Waals surface area contributed by atoms with Crippen molar-refractivity contribution >= 4 is 34.4 Å². The summed E-state index contributed by atoms with van der Waals surface area (Å²) >= 11 is 6.26. The molecule has 0 unspecified atom stereocenters. The van der Waals surface area contributed by atoms with Gasteiger partial charge in [-0.2, -0.15) is 0 Å². The quantitative estimate of drug-likeness (QED) is 0.449. The van der Waals surface area contributed by atoms with Crippen molar-refractivity contribution in [2.75, 3.05) is 7.05 Å². The first kappa shape index (κ1) is 16.9. The zero-order valence-electron chi connectivity index (χ0n) is 12.1. The molecule has 1 nitrogen and oxygen atoms in total. The first-order valence-electron chi connectivity index (χ1n) is 6.70. The molecule has 2 rings (SSSR count). The third-order valence-electron chi connectivity index (χ3n) is 2.50. The Labute approximate surface area is 132 Å². The monoisotopic (exact) mass is 303 g/mol. The first-order chi connectivity index (χ1) is 9.83. The number of thiol groups is 1. The Hall–Kier alpha value is -1.16. The molecule has 0 atom stereocenters. The van der Waals surface area contributed by atoms with E-state index in [4.69, 9.17) is 0 Å². The van der Waals surface area contributed by atoms with Gasteiger partial charge in [0.25, 0.3) is 0 Å². The normalized spacial score (nSPS) is 11.2. The van der Waals surface area contributed by atoms with Crippen molar-refractivity contribution in [3.63, 3.8) is 0 Å². The summed E-state index contributed by atoms with van der Waals surface area (Å²) in [5.74, 6) is 0. The van der Waals surface area contributed by atoms with Crippen LogP contribution in [0.3, 0.4) is 0 Å². The van der Waals surface area contributed by atoms with Gasteiger partial charge in [0, 0.05) is 9.81 Å². The van der Waals surface area contributed by atoms with Crippen molar-refractivity contribution in [2.24, 2.45) is 0 Å². The Morgan fingerprint density at radius 2 is 1.30 bits per heavy atom. The van der Waals surface area contributed by atoms with Crippen LogP contribution in [0.4, 0.5) is 0 Å². The third-order valence-corrected chi connectivity index (χ3v) is 3.98. The molecule has 0 fully saturated rings. The van der Waals surface area contributed by atoms with Crippen molar-refractivity contribution in [1.82, 2.24) is 4.72 Å². The van der Waals surface area contributed by atoms with Gasteiger partial charge < -0.3 is 0 Å². The molecule has 2 aromatic carbocycles. The smallest absolute Gasteiger partial charge is 0.0439 e. The van der Waals surface area contributed by atoms with Gasteiger partial charge in [0.05, 0.1) is 0 Å². The van der Waals surface area contributed by atoms with Gasteiger partial charge in [-0.1, -0.05) is 74.5 Å². The van der Waals surface area contributed by atoms with Gasteiger partial charge >= 0.3 is 0 Å². The van der Waals surface area contributed by atoms with Crippen LogP contribution >= 0.6 is 24.6 Å². The molecule has 0 aliphatic rings. The van der Waals surface area contributed by atoms with E-state index < -0.39 is 0 Å². The Morgan fingerprint density at radius 3 is 1.75 bits per heavy atom. The molecule has 0 saturated carbocycles. The summed E-state index contributed by atoms with van der Waals surface area (Å²) in [6.07, 6.45) is 0. The van der Waals surface area contributed by atoms with E-state index in [1.54, 1.807) is 11.9 Å². The molecule has 20 heavy (non-hydrogen) atoms. The Morgan fingerprint density at radius 1 is 0.850 bits per heavy atom. The molecule has 0 amide bonds. The van der Waals surface area contributed by atoms with Gasteiger partial charge in [-0.15, -0.1) is 12.6 Å². The van der Waals surface area contributed by atoms with Gasteiger partial charge in [0.15, 0.2) is 0 Å². The summed E-state index contributed by atoms with van der Waals surface area (Å²) in [6.45, 7) is 4.00. The van der Waals surface area contributed by atoms with Crippen LogP contribution in [0.15, 0.2) is 60.7 Å². The van der Waals surface area contributed by atoms with E-state index in [-0.39, 0.29) is 0 Å². The van der Waals surface area contributed by atoms with E-state index in [0.29, 0.717) is 0 Å². The van der Waals surface area contributed by atoms with E-state index in [2.05, 4.69) is 41.6 Å². The summed E-state index contributed by atoms with van der Waals surface area (Å²) in [6, 6.07) is 20.5. The highest BCUT2D eigenvalue weighted by Gasteiger charge is 2.08. The number of rotatable bonds is 4. The molecule has 1 N–H and O–H groups in total. The van der Waals surface area contributed by atoms with Gasteiger partial charge in [-0.05, 0) is 30.1 Å². The van der Waals surface area contributed by atoms with Crippen LogP contribution < -0.4 is 4.72 Å².